The van der Waals surface area contributed by atoms with Crippen LogP contribution in [-0.4, -0.2) is 35.8 Å². The molecule has 1 aromatic carbocycles. The number of ether oxygens (including phenoxy) is 2. The summed E-state index contributed by atoms with van der Waals surface area (Å²) < 4.78 is 10.1. The Balaban J connectivity index is 2.27. The van der Waals surface area contributed by atoms with E-state index in [4.69, 9.17) is 21.1 Å². The normalized spacial score (nSPS) is 14.2. The monoisotopic (exact) mass is 298 g/mol. The number of aliphatic hydroxyl groups is 1. The second kappa shape index (κ2) is 9.53. The quantitative estimate of drug-likeness (QED) is 0.454. The topological polar surface area (TPSA) is 55.8 Å². The molecule has 1 rings (SSSR count). The van der Waals surface area contributed by atoms with Crippen molar-refractivity contribution < 1.29 is 19.4 Å². The first-order chi connectivity index (χ1) is 9.63. The highest BCUT2D eigenvalue weighted by Gasteiger charge is 2.14. The molecule has 110 valence electrons. The highest BCUT2D eigenvalue weighted by atomic mass is 35.5. The number of alkyl halides is 1. The Morgan fingerprint density at radius 3 is 2.75 bits per heavy atom. The van der Waals surface area contributed by atoms with Gasteiger partial charge >= 0.3 is 5.97 Å². The molecule has 0 aliphatic carbocycles. The van der Waals surface area contributed by atoms with E-state index in [-0.39, 0.29) is 6.61 Å². The second-order valence-electron chi connectivity index (χ2n) is 4.12. The number of carbonyl (C=O) groups is 1. The van der Waals surface area contributed by atoms with Crippen LogP contribution < -0.4 is 0 Å². The molecule has 0 aromatic heterocycles. The van der Waals surface area contributed by atoms with Crippen molar-refractivity contribution in [3.63, 3.8) is 0 Å². The van der Waals surface area contributed by atoms with Gasteiger partial charge in [-0.15, -0.1) is 11.6 Å². The van der Waals surface area contributed by atoms with E-state index in [1.807, 2.05) is 30.3 Å². The van der Waals surface area contributed by atoms with Crippen molar-refractivity contribution in [1.29, 1.82) is 0 Å². The molecule has 1 N–H and O–H groups in total. The van der Waals surface area contributed by atoms with Crippen molar-refractivity contribution in [2.45, 2.75) is 25.0 Å². The maximum Gasteiger partial charge on any atom is 0.330 e. The zero-order valence-corrected chi connectivity index (χ0v) is 12.1. The molecule has 0 amide bonds. The lowest BCUT2D eigenvalue weighted by Gasteiger charge is -2.14. The van der Waals surface area contributed by atoms with E-state index >= 15 is 0 Å². The summed E-state index contributed by atoms with van der Waals surface area (Å²) in [5.74, 6) is -0.476. The lowest BCUT2D eigenvalue weighted by Crippen LogP contribution is -2.25. The Labute approximate surface area is 124 Å². The third kappa shape index (κ3) is 6.70. The molecule has 0 unspecified atom stereocenters. The molecule has 0 heterocycles. The van der Waals surface area contributed by atoms with Crippen LogP contribution in [0, 0.1) is 0 Å². The van der Waals surface area contributed by atoms with Crippen molar-refractivity contribution in [2.75, 3.05) is 13.2 Å². The van der Waals surface area contributed by atoms with Crippen molar-refractivity contribution in [3.8, 4) is 0 Å². The number of hydrogen-bond donors (Lipinski definition) is 1. The van der Waals surface area contributed by atoms with Gasteiger partial charge < -0.3 is 14.6 Å². The van der Waals surface area contributed by atoms with Crippen LogP contribution >= 0.6 is 11.6 Å². The van der Waals surface area contributed by atoms with E-state index in [9.17, 15) is 9.90 Å². The minimum Gasteiger partial charge on any atom is -0.463 e. The smallest absolute Gasteiger partial charge is 0.330 e. The molecular formula is C15H19ClO4. The molecule has 0 spiro atoms. The third-order valence-corrected chi connectivity index (χ3v) is 2.91. The van der Waals surface area contributed by atoms with Crippen LogP contribution in [0.3, 0.4) is 0 Å². The predicted octanol–water partition coefficient (Wildman–Crippen LogP) is 2.29. The van der Waals surface area contributed by atoms with E-state index in [1.165, 1.54) is 12.2 Å². The molecule has 0 aliphatic rings. The van der Waals surface area contributed by atoms with Gasteiger partial charge in [0.05, 0.1) is 31.3 Å². The molecule has 4 nitrogen and oxygen atoms in total. The molecule has 0 saturated carbocycles. The fourth-order valence-corrected chi connectivity index (χ4v) is 1.60. The summed E-state index contributed by atoms with van der Waals surface area (Å²) in [5, 5.41) is 9.08. The van der Waals surface area contributed by atoms with E-state index in [1.54, 1.807) is 6.92 Å². The Morgan fingerprint density at radius 1 is 1.40 bits per heavy atom. The molecular weight excluding hydrogens is 280 g/mol. The third-order valence-electron chi connectivity index (χ3n) is 2.47. The van der Waals surface area contributed by atoms with Crippen LogP contribution in [-0.2, 0) is 20.9 Å². The Hall–Kier alpha value is -1.36. The number of aliphatic hydroxyl groups excluding tert-OH is 1. The maximum absolute atomic E-state index is 11.1. The first kappa shape index (κ1) is 16.7. The van der Waals surface area contributed by atoms with Gasteiger partial charge in [-0.3, -0.25) is 0 Å². The summed E-state index contributed by atoms with van der Waals surface area (Å²) in [6.45, 7) is 2.52. The van der Waals surface area contributed by atoms with E-state index in [2.05, 4.69) is 0 Å². The van der Waals surface area contributed by atoms with Gasteiger partial charge in [-0.05, 0) is 12.5 Å². The summed E-state index contributed by atoms with van der Waals surface area (Å²) in [6.07, 6.45) is 1.73. The summed E-state index contributed by atoms with van der Waals surface area (Å²) in [6, 6.07) is 9.63. The first-order valence-electron chi connectivity index (χ1n) is 6.42. The van der Waals surface area contributed by atoms with Gasteiger partial charge in [-0.2, -0.15) is 0 Å². The van der Waals surface area contributed by atoms with Crippen LogP contribution in [0.1, 0.15) is 12.5 Å². The molecule has 2 atom stereocenters. The van der Waals surface area contributed by atoms with Gasteiger partial charge in [0.2, 0.25) is 0 Å². The summed E-state index contributed by atoms with van der Waals surface area (Å²) in [4.78, 5) is 11.1. The molecule has 5 heteroatoms. The highest BCUT2D eigenvalue weighted by Crippen LogP contribution is 2.08. The Bertz CT molecular complexity index is 419. The summed E-state index contributed by atoms with van der Waals surface area (Å²) >= 11 is 5.93. The fraction of sp³-hybridized carbons (Fsp3) is 0.400. The van der Waals surface area contributed by atoms with E-state index < -0.39 is 17.5 Å². The van der Waals surface area contributed by atoms with Crippen LogP contribution in [0.4, 0.5) is 0 Å². The van der Waals surface area contributed by atoms with Gasteiger partial charge in [-0.1, -0.05) is 36.4 Å². The van der Waals surface area contributed by atoms with Crippen LogP contribution in [0.5, 0.6) is 0 Å². The standard InChI is InChI=1S/C15H19ClO4/c1-2-20-15(18)9-8-13(16)14(17)11-19-10-12-6-4-3-5-7-12/h3-9,13-14,17H,2,10-11H2,1H3/b9-8+/t13-,14+/m0/s1. The molecule has 20 heavy (non-hydrogen) atoms. The molecule has 0 saturated heterocycles. The lowest BCUT2D eigenvalue weighted by atomic mass is 10.2. The Morgan fingerprint density at radius 2 is 2.10 bits per heavy atom. The van der Waals surface area contributed by atoms with Gasteiger partial charge in [0, 0.05) is 6.08 Å². The summed E-state index contributed by atoms with van der Waals surface area (Å²) in [7, 11) is 0. The van der Waals surface area contributed by atoms with Crippen LogP contribution in [0.25, 0.3) is 0 Å². The number of benzene rings is 1. The van der Waals surface area contributed by atoms with Gasteiger partial charge in [0.15, 0.2) is 0 Å². The number of rotatable bonds is 8. The molecule has 0 aliphatic heterocycles. The van der Waals surface area contributed by atoms with Crippen molar-refractivity contribution in [3.05, 3.63) is 48.0 Å². The minimum absolute atomic E-state index is 0.0935. The van der Waals surface area contributed by atoms with Gasteiger partial charge in [0.25, 0.3) is 0 Å². The largest absolute Gasteiger partial charge is 0.463 e. The zero-order valence-electron chi connectivity index (χ0n) is 11.4. The van der Waals surface area contributed by atoms with Crippen molar-refractivity contribution >= 4 is 17.6 Å². The average molecular weight is 299 g/mol. The van der Waals surface area contributed by atoms with Gasteiger partial charge in [-0.25, -0.2) is 4.79 Å². The number of esters is 1. The average Bonchev–Trinajstić information content (AvgIpc) is 2.46. The second-order valence-corrected chi connectivity index (χ2v) is 4.63. The summed E-state index contributed by atoms with van der Waals surface area (Å²) in [5.41, 5.74) is 1.02. The van der Waals surface area contributed by atoms with Gasteiger partial charge in [0.1, 0.15) is 0 Å². The maximum atomic E-state index is 11.1. The lowest BCUT2D eigenvalue weighted by molar-refractivity contribution is -0.137. The van der Waals surface area contributed by atoms with E-state index in [0.29, 0.717) is 13.2 Å². The molecule has 1 aromatic rings. The van der Waals surface area contributed by atoms with Crippen LogP contribution in [0.15, 0.2) is 42.5 Å². The molecule has 0 radical (unpaired) electrons. The predicted molar refractivity (Wildman–Crippen MR) is 77.5 cm³/mol. The van der Waals surface area contributed by atoms with E-state index in [0.717, 1.165) is 5.56 Å². The Kier molecular flexibility index (Phi) is 7.95. The minimum atomic E-state index is -0.883. The van der Waals surface area contributed by atoms with Crippen molar-refractivity contribution in [2.24, 2.45) is 0 Å². The first-order valence-corrected chi connectivity index (χ1v) is 6.86. The molecule has 0 bridgehead atoms. The number of carbonyl (C=O) groups excluding carboxylic acids is 1. The number of halogens is 1. The molecule has 0 fully saturated rings. The zero-order chi connectivity index (χ0) is 14.8. The highest BCUT2D eigenvalue weighted by molar-refractivity contribution is 6.22. The van der Waals surface area contributed by atoms with Crippen LogP contribution in [0.2, 0.25) is 0 Å². The fourth-order valence-electron chi connectivity index (χ4n) is 1.45. The number of hydrogen-bond acceptors (Lipinski definition) is 4. The van der Waals surface area contributed by atoms with Crippen molar-refractivity contribution in [1.82, 2.24) is 0 Å². The SMILES string of the molecule is CCOC(=O)/C=C/[C@H](Cl)[C@H](O)COCc1ccccc1.